The molecule has 1 atom stereocenters. The Morgan fingerprint density at radius 3 is 2.57 bits per heavy atom. The Morgan fingerprint density at radius 2 is 1.93 bits per heavy atom. The second-order valence-electron chi connectivity index (χ2n) is 6.24. The van der Waals surface area contributed by atoms with Crippen LogP contribution in [0.25, 0.3) is 0 Å². The van der Waals surface area contributed by atoms with Gasteiger partial charge in [0.25, 0.3) is 5.91 Å². The van der Waals surface area contributed by atoms with Crippen molar-refractivity contribution in [1.82, 2.24) is 10.3 Å². The largest absolute Gasteiger partial charge is 0.484 e. The first-order valence-corrected chi connectivity index (χ1v) is 8.40. The first kappa shape index (κ1) is 21.2. The first-order chi connectivity index (χ1) is 13.0. The van der Waals surface area contributed by atoms with Gasteiger partial charge < -0.3 is 15.4 Å². The molecular weight excluding hydrogens is 375 g/mol. The quantitative estimate of drug-likeness (QED) is 0.780. The van der Waals surface area contributed by atoms with Gasteiger partial charge >= 0.3 is 6.18 Å². The molecule has 0 aliphatic heterocycles. The van der Waals surface area contributed by atoms with E-state index in [2.05, 4.69) is 15.6 Å². The summed E-state index contributed by atoms with van der Waals surface area (Å²) in [6.45, 7) is 3.33. The minimum Gasteiger partial charge on any atom is -0.484 e. The number of amides is 2. The van der Waals surface area contributed by atoms with Crippen LogP contribution in [0, 0.1) is 6.92 Å². The Bertz CT molecular complexity index is 869. The average molecular weight is 395 g/mol. The second-order valence-corrected chi connectivity index (χ2v) is 6.24. The number of rotatable bonds is 6. The molecular formula is C19H20F3N3O3. The van der Waals surface area contributed by atoms with Crippen molar-refractivity contribution in [2.45, 2.75) is 33.0 Å². The van der Waals surface area contributed by atoms with Gasteiger partial charge in [-0.3, -0.25) is 9.59 Å². The van der Waals surface area contributed by atoms with Crippen LogP contribution >= 0.6 is 0 Å². The number of halogens is 3. The lowest BCUT2D eigenvalue weighted by molar-refractivity contribution is -0.153. The Labute approximate surface area is 160 Å². The van der Waals surface area contributed by atoms with Crippen molar-refractivity contribution >= 4 is 17.6 Å². The number of benzene rings is 1. The summed E-state index contributed by atoms with van der Waals surface area (Å²) in [7, 11) is 0. The van der Waals surface area contributed by atoms with Crippen LogP contribution < -0.4 is 15.4 Å². The molecule has 9 heteroatoms. The van der Waals surface area contributed by atoms with E-state index in [0.29, 0.717) is 16.8 Å². The molecule has 6 nitrogen and oxygen atoms in total. The molecule has 0 radical (unpaired) electrons. The van der Waals surface area contributed by atoms with Gasteiger partial charge in [-0.25, -0.2) is 4.98 Å². The van der Waals surface area contributed by atoms with Gasteiger partial charge in [-0.1, -0.05) is 12.1 Å². The van der Waals surface area contributed by atoms with Crippen molar-refractivity contribution in [1.29, 1.82) is 0 Å². The van der Waals surface area contributed by atoms with E-state index in [1.165, 1.54) is 25.1 Å². The molecule has 1 heterocycles. The molecule has 0 spiro atoms. The number of ether oxygens (including phenoxy) is 1. The molecule has 1 aromatic carbocycles. The summed E-state index contributed by atoms with van der Waals surface area (Å²) < 4.78 is 41.6. The summed E-state index contributed by atoms with van der Waals surface area (Å²) in [4.78, 5) is 27.8. The van der Waals surface area contributed by atoms with Crippen LogP contribution in [-0.2, 0) is 4.79 Å². The van der Waals surface area contributed by atoms with E-state index < -0.39 is 24.7 Å². The minimum atomic E-state index is -4.43. The summed E-state index contributed by atoms with van der Waals surface area (Å²) in [5, 5.41) is 5.28. The second kappa shape index (κ2) is 8.73. The molecule has 0 saturated carbocycles. The van der Waals surface area contributed by atoms with E-state index in [-0.39, 0.29) is 17.5 Å². The Morgan fingerprint density at radius 1 is 1.21 bits per heavy atom. The molecule has 1 unspecified atom stereocenters. The maximum atomic E-state index is 12.5. The number of hydrogen-bond donors (Lipinski definition) is 2. The minimum absolute atomic E-state index is 0.0589. The van der Waals surface area contributed by atoms with Gasteiger partial charge in [-0.05, 0) is 43.7 Å². The first-order valence-electron chi connectivity index (χ1n) is 8.40. The maximum Gasteiger partial charge on any atom is 0.422 e. The number of alkyl halides is 3. The third-order valence-electron chi connectivity index (χ3n) is 3.63. The number of anilines is 1. The predicted molar refractivity (Wildman–Crippen MR) is 97.2 cm³/mol. The standard InChI is InChI=1S/C19H20F3N3O3/c1-11-7-15(9-17(23-11)25-13(3)26)18(27)24-12(2)14-5-4-6-16(8-14)28-10-19(20,21)22/h4-9,12H,10H2,1-3H3,(H,24,27)(H,23,25,26). The molecule has 2 N–H and O–H groups in total. The monoisotopic (exact) mass is 395 g/mol. The number of nitrogens with one attached hydrogen (secondary N) is 2. The van der Waals surface area contributed by atoms with Crippen LogP contribution in [0.1, 0.15) is 41.5 Å². The fraction of sp³-hybridized carbons (Fsp3) is 0.316. The van der Waals surface area contributed by atoms with Crippen molar-refractivity contribution in [3.05, 3.63) is 53.2 Å². The van der Waals surface area contributed by atoms with Gasteiger partial charge in [0.15, 0.2) is 6.61 Å². The zero-order valence-electron chi connectivity index (χ0n) is 15.6. The zero-order chi connectivity index (χ0) is 20.9. The van der Waals surface area contributed by atoms with Crippen LogP contribution in [0.3, 0.4) is 0 Å². The average Bonchev–Trinajstić information content (AvgIpc) is 2.58. The lowest BCUT2D eigenvalue weighted by Crippen LogP contribution is -2.27. The molecule has 28 heavy (non-hydrogen) atoms. The maximum absolute atomic E-state index is 12.5. The summed E-state index contributed by atoms with van der Waals surface area (Å²) in [5.41, 5.74) is 1.43. The van der Waals surface area contributed by atoms with Gasteiger partial charge in [-0.15, -0.1) is 0 Å². The van der Waals surface area contributed by atoms with Crippen LogP contribution in [0.4, 0.5) is 19.0 Å². The number of aryl methyl sites for hydroxylation is 1. The molecule has 2 aromatic rings. The zero-order valence-corrected chi connectivity index (χ0v) is 15.6. The van der Waals surface area contributed by atoms with E-state index in [1.54, 1.807) is 32.0 Å². The van der Waals surface area contributed by atoms with Crippen molar-refractivity contribution < 1.29 is 27.5 Å². The van der Waals surface area contributed by atoms with Crippen LogP contribution in [0.2, 0.25) is 0 Å². The van der Waals surface area contributed by atoms with E-state index >= 15 is 0 Å². The van der Waals surface area contributed by atoms with Gasteiger partial charge in [0.05, 0.1) is 6.04 Å². The number of carbonyl (C=O) groups is 2. The highest BCUT2D eigenvalue weighted by Gasteiger charge is 2.28. The molecule has 0 aliphatic rings. The van der Waals surface area contributed by atoms with E-state index in [4.69, 9.17) is 4.74 Å². The van der Waals surface area contributed by atoms with E-state index in [0.717, 1.165) is 0 Å². The van der Waals surface area contributed by atoms with Crippen molar-refractivity contribution in [2.75, 3.05) is 11.9 Å². The topological polar surface area (TPSA) is 80.3 Å². The number of carbonyl (C=O) groups excluding carboxylic acids is 2. The molecule has 2 rings (SSSR count). The van der Waals surface area contributed by atoms with Gasteiger partial charge in [0.2, 0.25) is 5.91 Å². The van der Waals surface area contributed by atoms with E-state index in [1.807, 2.05) is 0 Å². The number of pyridine rings is 1. The van der Waals surface area contributed by atoms with E-state index in [9.17, 15) is 22.8 Å². The Kier molecular flexibility index (Phi) is 6.61. The smallest absolute Gasteiger partial charge is 0.422 e. The van der Waals surface area contributed by atoms with Gasteiger partial charge in [0.1, 0.15) is 11.6 Å². The summed E-state index contributed by atoms with van der Waals surface area (Å²) in [5.74, 6) is -0.406. The lowest BCUT2D eigenvalue weighted by Gasteiger charge is -2.16. The molecule has 2 amide bonds. The summed E-state index contributed by atoms with van der Waals surface area (Å²) in [6.07, 6.45) is -4.43. The highest BCUT2D eigenvalue weighted by Crippen LogP contribution is 2.22. The molecule has 1 aromatic heterocycles. The fourth-order valence-corrected chi connectivity index (χ4v) is 2.45. The third-order valence-corrected chi connectivity index (χ3v) is 3.63. The van der Waals surface area contributed by atoms with Crippen molar-refractivity contribution in [3.8, 4) is 5.75 Å². The molecule has 150 valence electrons. The SMILES string of the molecule is CC(=O)Nc1cc(C(=O)NC(C)c2cccc(OCC(F)(F)F)c2)cc(C)n1. The van der Waals surface area contributed by atoms with Crippen LogP contribution in [0.5, 0.6) is 5.75 Å². The third kappa shape index (κ3) is 6.57. The molecule has 0 fully saturated rings. The lowest BCUT2D eigenvalue weighted by atomic mass is 10.1. The van der Waals surface area contributed by atoms with Gasteiger partial charge in [0, 0.05) is 18.2 Å². The van der Waals surface area contributed by atoms with Crippen LogP contribution in [0.15, 0.2) is 36.4 Å². The van der Waals surface area contributed by atoms with Crippen molar-refractivity contribution in [3.63, 3.8) is 0 Å². The Hall–Kier alpha value is -3.10. The number of nitrogens with zero attached hydrogens (tertiary/aromatic N) is 1. The number of aromatic nitrogens is 1. The highest BCUT2D eigenvalue weighted by atomic mass is 19.4. The summed E-state index contributed by atoms with van der Waals surface area (Å²) in [6, 6.07) is 8.60. The molecule has 0 saturated heterocycles. The Balaban J connectivity index is 2.10. The highest BCUT2D eigenvalue weighted by molar-refractivity contribution is 5.96. The van der Waals surface area contributed by atoms with Gasteiger partial charge in [-0.2, -0.15) is 13.2 Å². The van der Waals surface area contributed by atoms with Crippen LogP contribution in [-0.4, -0.2) is 29.6 Å². The number of hydrogen-bond acceptors (Lipinski definition) is 4. The normalized spacial score (nSPS) is 12.2. The molecule has 0 aliphatic carbocycles. The predicted octanol–water partition coefficient (Wildman–Crippen LogP) is 3.78. The molecule has 0 bridgehead atoms. The van der Waals surface area contributed by atoms with Crippen molar-refractivity contribution in [2.24, 2.45) is 0 Å². The fourth-order valence-electron chi connectivity index (χ4n) is 2.45. The summed E-state index contributed by atoms with van der Waals surface area (Å²) >= 11 is 0.